The number of aryl methyl sites for hydroxylation is 1. The Bertz CT molecular complexity index is 1420. The van der Waals surface area contributed by atoms with E-state index in [1.807, 2.05) is 31.2 Å². The van der Waals surface area contributed by atoms with Gasteiger partial charge in [0.15, 0.2) is 0 Å². The maximum absolute atomic E-state index is 15.6. The van der Waals surface area contributed by atoms with Gasteiger partial charge in [-0.15, -0.1) is 0 Å². The predicted octanol–water partition coefficient (Wildman–Crippen LogP) is 5.54. The van der Waals surface area contributed by atoms with Crippen LogP contribution < -0.4 is 10.6 Å². The van der Waals surface area contributed by atoms with E-state index in [4.69, 9.17) is 0 Å². The number of methoxy groups -OCH3 is 1. The first-order chi connectivity index (χ1) is 20.2. The zero-order chi connectivity index (χ0) is 30.3. The minimum atomic E-state index is -1.55. The van der Waals surface area contributed by atoms with Crippen molar-refractivity contribution in [2.45, 2.75) is 44.8 Å². The number of nitrogens with zero attached hydrogens (tertiary/aromatic N) is 1. The number of likely N-dealkylation sites (tertiary alicyclic amines) is 1. The second-order valence-corrected chi connectivity index (χ2v) is 10.9. The lowest BCUT2D eigenvalue weighted by atomic mass is 9.72. The van der Waals surface area contributed by atoms with Crippen molar-refractivity contribution in [1.29, 1.82) is 0 Å². The van der Waals surface area contributed by atoms with Crippen LogP contribution in [0, 0.1) is 24.5 Å². The topological polar surface area (TPSA) is 90.9 Å². The lowest BCUT2D eigenvalue weighted by Crippen LogP contribution is -2.48. The summed E-state index contributed by atoms with van der Waals surface area (Å²) in [6, 6.07) is 16.7. The summed E-state index contributed by atoms with van der Waals surface area (Å²) in [5, 5.41) is 18.2. The van der Waals surface area contributed by atoms with E-state index >= 15 is 4.39 Å². The van der Waals surface area contributed by atoms with Crippen LogP contribution in [0.25, 0.3) is 11.1 Å². The maximum Gasteiger partial charge on any atom is 0.406 e. The van der Waals surface area contributed by atoms with E-state index in [1.165, 1.54) is 25.3 Å². The Balaban J connectivity index is 1.69. The minimum absolute atomic E-state index is 0.0208. The molecule has 2 atom stereocenters. The molecular weight excluding hydrogens is 540 g/mol. The molecule has 2 amide bonds. The molecule has 0 radical (unpaired) electrons. The number of ether oxygens (including phenoxy) is 1. The molecule has 42 heavy (non-hydrogen) atoms. The van der Waals surface area contributed by atoms with Crippen LogP contribution in [0.1, 0.15) is 52.7 Å². The van der Waals surface area contributed by atoms with Gasteiger partial charge in [0.05, 0.1) is 18.3 Å². The molecule has 4 rings (SSSR count). The Morgan fingerprint density at radius 2 is 1.88 bits per heavy atom. The van der Waals surface area contributed by atoms with Crippen molar-refractivity contribution in [1.82, 2.24) is 15.5 Å². The van der Waals surface area contributed by atoms with Gasteiger partial charge in [-0.1, -0.05) is 48.0 Å². The van der Waals surface area contributed by atoms with Crippen LogP contribution in [0.2, 0.25) is 0 Å². The van der Waals surface area contributed by atoms with Crippen molar-refractivity contribution in [3.05, 3.63) is 94.6 Å². The summed E-state index contributed by atoms with van der Waals surface area (Å²) < 4.78 is 35.2. The Hall–Kier alpha value is -3.82. The van der Waals surface area contributed by atoms with Crippen LogP contribution >= 0.6 is 0 Å². The van der Waals surface area contributed by atoms with Gasteiger partial charge in [0.25, 0.3) is 5.91 Å². The summed E-state index contributed by atoms with van der Waals surface area (Å²) in [5.41, 5.74) is 1.48. The molecule has 0 bridgehead atoms. The minimum Gasteiger partial charge on any atom is -0.453 e. The first-order valence-corrected chi connectivity index (χ1v) is 14.3. The number of aliphatic hydroxyl groups is 1. The average Bonchev–Trinajstić information content (AvgIpc) is 2.99. The van der Waals surface area contributed by atoms with Crippen molar-refractivity contribution >= 4 is 12.0 Å². The zero-order valence-corrected chi connectivity index (χ0v) is 24.4. The molecule has 3 N–H and O–H groups in total. The largest absolute Gasteiger partial charge is 0.453 e. The number of carbonyl (C=O) groups excluding carboxylic acids is 2. The number of carbonyl (C=O) groups is 2. The molecule has 9 heteroatoms. The molecule has 2 unspecified atom stereocenters. The van der Waals surface area contributed by atoms with Gasteiger partial charge in [-0.2, -0.15) is 0 Å². The third kappa shape index (κ3) is 6.97. The number of halogens is 2. The van der Waals surface area contributed by atoms with Crippen LogP contribution in [-0.4, -0.2) is 55.8 Å². The van der Waals surface area contributed by atoms with Gasteiger partial charge in [0.1, 0.15) is 11.6 Å². The molecule has 1 saturated heterocycles. The monoisotopic (exact) mass is 579 g/mol. The number of hydrogen-bond donors (Lipinski definition) is 3. The average molecular weight is 580 g/mol. The molecule has 0 aliphatic carbocycles. The number of nitrogens with one attached hydrogen (secondary N) is 2. The fourth-order valence-electron chi connectivity index (χ4n) is 5.93. The fourth-order valence-corrected chi connectivity index (χ4v) is 5.93. The molecule has 0 saturated carbocycles. The fraction of sp³-hybridized carbons (Fsp3) is 0.394. The quantitative estimate of drug-likeness (QED) is 0.275. The summed E-state index contributed by atoms with van der Waals surface area (Å²) in [4.78, 5) is 26.7. The highest BCUT2D eigenvalue weighted by Crippen LogP contribution is 2.44. The smallest absolute Gasteiger partial charge is 0.406 e. The molecule has 224 valence electrons. The van der Waals surface area contributed by atoms with E-state index in [0.717, 1.165) is 11.1 Å². The van der Waals surface area contributed by atoms with Crippen molar-refractivity contribution < 1.29 is 28.2 Å². The van der Waals surface area contributed by atoms with Crippen LogP contribution in [0.3, 0.4) is 0 Å². The SMILES string of the molecule is CNCc1ccc(C(=O)N2CCCC(C(O)(CCCNC(=O)OC)c3cccc(F)c3-c3cccc(C)c3)C2)c(F)c1. The molecule has 1 aliphatic rings. The van der Waals surface area contributed by atoms with E-state index in [9.17, 15) is 19.1 Å². The number of alkyl carbamates (subject to hydrolysis) is 1. The second kappa shape index (κ2) is 13.9. The highest BCUT2D eigenvalue weighted by molar-refractivity contribution is 5.94. The molecule has 3 aromatic carbocycles. The summed E-state index contributed by atoms with van der Waals surface area (Å²) in [6.07, 6.45) is 1.16. The molecule has 7 nitrogen and oxygen atoms in total. The molecule has 1 aliphatic heterocycles. The van der Waals surface area contributed by atoms with Gasteiger partial charge in [-0.3, -0.25) is 4.79 Å². The Labute approximate surface area is 245 Å². The zero-order valence-electron chi connectivity index (χ0n) is 24.4. The van der Waals surface area contributed by atoms with Gasteiger partial charge in [0.2, 0.25) is 0 Å². The molecule has 1 fully saturated rings. The van der Waals surface area contributed by atoms with Crippen molar-refractivity contribution in [3.8, 4) is 11.1 Å². The van der Waals surface area contributed by atoms with Crippen molar-refractivity contribution in [2.75, 3.05) is 33.8 Å². The number of amides is 2. The van der Waals surface area contributed by atoms with Crippen LogP contribution in [0.5, 0.6) is 0 Å². The molecule has 1 heterocycles. The van der Waals surface area contributed by atoms with Crippen LogP contribution in [0.4, 0.5) is 13.6 Å². The normalized spacial score (nSPS) is 16.5. The van der Waals surface area contributed by atoms with E-state index in [-0.39, 0.29) is 25.1 Å². The van der Waals surface area contributed by atoms with Gasteiger partial charge in [-0.25, -0.2) is 13.6 Å². The van der Waals surface area contributed by atoms with Gasteiger partial charge >= 0.3 is 6.09 Å². The summed E-state index contributed by atoms with van der Waals surface area (Å²) in [5.74, 6) is -1.96. The van der Waals surface area contributed by atoms with Crippen LogP contribution in [0.15, 0.2) is 60.7 Å². The summed E-state index contributed by atoms with van der Waals surface area (Å²) >= 11 is 0. The number of piperidine rings is 1. The Kier molecular flexibility index (Phi) is 10.3. The van der Waals surface area contributed by atoms with Gasteiger partial charge in [0, 0.05) is 37.7 Å². The third-order valence-electron chi connectivity index (χ3n) is 8.00. The number of benzene rings is 3. The maximum atomic E-state index is 15.6. The van der Waals surface area contributed by atoms with Crippen LogP contribution in [-0.2, 0) is 16.9 Å². The second-order valence-electron chi connectivity index (χ2n) is 10.9. The Morgan fingerprint density at radius 3 is 2.60 bits per heavy atom. The molecule has 0 aromatic heterocycles. The van der Waals surface area contributed by atoms with E-state index in [1.54, 1.807) is 30.1 Å². The highest BCUT2D eigenvalue weighted by atomic mass is 19.1. The lowest BCUT2D eigenvalue weighted by Gasteiger charge is -2.43. The summed E-state index contributed by atoms with van der Waals surface area (Å²) in [7, 11) is 3.04. The molecular formula is C33H39F2N3O4. The standard InChI is InChI=1S/C33H39F2N3O4/c1-22-8-4-9-24(18-22)30-27(11-5-12-28(30)34)33(41,15-7-16-37-32(40)42-3)25-10-6-17-38(21-25)31(39)26-14-13-23(20-36-2)19-29(26)35/h4-5,8-9,11-14,18-19,25,36,41H,6-7,10,15-17,20-21H2,1-3H3,(H,37,40). The first kappa shape index (κ1) is 31.1. The van der Waals surface area contributed by atoms with Gasteiger partial charge < -0.3 is 25.4 Å². The van der Waals surface area contributed by atoms with E-state index in [0.29, 0.717) is 49.0 Å². The Morgan fingerprint density at radius 1 is 1.10 bits per heavy atom. The van der Waals surface area contributed by atoms with E-state index in [2.05, 4.69) is 15.4 Å². The number of hydrogen-bond acceptors (Lipinski definition) is 5. The predicted molar refractivity (Wildman–Crippen MR) is 158 cm³/mol. The lowest BCUT2D eigenvalue weighted by molar-refractivity contribution is -0.0565. The van der Waals surface area contributed by atoms with E-state index < -0.39 is 35.2 Å². The number of rotatable bonds is 10. The molecule has 0 spiro atoms. The van der Waals surface area contributed by atoms with Crippen molar-refractivity contribution in [3.63, 3.8) is 0 Å². The molecule has 3 aromatic rings. The van der Waals surface area contributed by atoms with Gasteiger partial charge in [-0.05, 0) is 74.5 Å². The highest BCUT2D eigenvalue weighted by Gasteiger charge is 2.43. The summed E-state index contributed by atoms with van der Waals surface area (Å²) in [6.45, 7) is 3.22. The van der Waals surface area contributed by atoms with Crippen molar-refractivity contribution in [2.24, 2.45) is 5.92 Å². The third-order valence-corrected chi connectivity index (χ3v) is 8.00. The first-order valence-electron chi connectivity index (χ1n) is 14.3.